The molecule has 3 aromatic carbocycles. The molecule has 0 radical (unpaired) electrons. The first-order chi connectivity index (χ1) is 19.1. The molecule has 0 fully saturated rings. The third-order valence-electron chi connectivity index (χ3n) is 6.20. The maximum Gasteiger partial charge on any atom is 0.351 e. The summed E-state index contributed by atoms with van der Waals surface area (Å²) in [4.78, 5) is 17.4. The van der Waals surface area contributed by atoms with Gasteiger partial charge in [-0.2, -0.15) is 0 Å². The largest absolute Gasteiger partial charge is 0.493 e. The molecule has 0 unspecified atom stereocenters. The first kappa shape index (κ1) is 24.2. The van der Waals surface area contributed by atoms with E-state index in [0.717, 1.165) is 16.5 Å². The van der Waals surface area contributed by atoms with Gasteiger partial charge in [-0.25, -0.2) is 9.78 Å². The number of benzene rings is 3. The van der Waals surface area contributed by atoms with Gasteiger partial charge in [0.25, 0.3) is 5.89 Å². The number of ether oxygens (including phenoxy) is 5. The summed E-state index contributed by atoms with van der Waals surface area (Å²) >= 11 is 0. The van der Waals surface area contributed by atoms with Crippen LogP contribution in [0.4, 0.5) is 0 Å². The third kappa shape index (κ3) is 4.79. The molecule has 10 nitrogen and oxygen atoms in total. The quantitative estimate of drug-likeness (QED) is 0.273. The van der Waals surface area contributed by atoms with E-state index >= 15 is 0 Å². The highest BCUT2D eigenvalue weighted by Gasteiger charge is 2.29. The molecule has 0 spiro atoms. The van der Waals surface area contributed by atoms with Crippen molar-refractivity contribution in [2.75, 3.05) is 20.8 Å². The zero-order valence-corrected chi connectivity index (χ0v) is 21.1. The van der Waals surface area contributed by atoms with Gasteiger partial charge >= 0.3 is 5.97 Å². The molecule has 0 saturated carbocycles. The predicted molar refractivity (Wildman–Crippen MR) is 140 cm³/mol. The van der Waals surface area contributed by atoms with E-state index in [4.69, 9.17) is 33.1 Å². The van der Waals surface area contributed by atoms with E-state index in [-0.39, 0.29) is 25.0 Å². The van der Waals surface area contributed by atoms with E-state index in [1.165, 1.54) is 0 Å². The Hall–Kier alpha value is -5.12. The van der Waals surface area contributed by atoms with Crippen LogP contribution in [-0.4, -0.2) is 48.1 Å². The lowest BCUT2D eigenvalue weighted by Crippen LogP contribution is -2.37. The summed E-state index contributed by atoms with van der Waals surface area (Å²) in [5.74, 6) is 2.10. The van der Waals surface area contributed by atoms with E-state index in [0.29, 0.717) is 34.3 Å². The molecule has 0 N–H and O–H groups in total. The minimum Gasteiger partial charge on any atom is -0.493 e. The molecule has 0 saturated heterocycles. The number of nitrogens with zero attached hydrogens (tertiary/aromatic N) is 3. The molecule has 1 atom stereocenters. The average Bonchev–Trinajstić information content (AvgIpc) is 3.47. The number of para-hydroxylation sites is 3. The molecule has 0 aliphatic carbocycles. The lowest BCUT2D eigenvalue weighted by molar-refractivity contribution is -0.156. The molecule has 39 heavy (non-hydrogen) atoms. The van der Waals surface area contributed by atoms with Crippen molar-refractivity contribution in [3.63, 3.8) is 0 Å². The number of aromatic nitrogens is 3. The molecule has 5 aromatic rings. The second-order valence-corrected chi connectivity index (χ2v) is 8.61. The van der Waals surface area contributed by atoms with Gasteiger partial charge in [-0.3, -0.25) is 0 Å². The van der Waals surface area contributed by atoms with E-state index in [1.807, 2.05) is 54.6 Å². The smallest absolute Gasteiger partial charge is 0.351 e. The Bertz CT molecular complexity index is 1670. The van der Waals surface area contributed by atoms with E-state index in [9.17, 15) is 4.79 Å². The number of carbonyl (C=O) groups is 1. The molecule has 1 aliphatic rings. The topological polar surface area (TPSA) is 115 Å². The first-order valence-electron chi connectivity index (χ1n) is 12.1. The van der Waals surface area contributed by atoms with Crippen LogP contribution in [0, 0.1) is 0 Å². The van der Waals surface area contributed by atoms with Crippen molar-refractivity contribution in [1.29, 1.82) is 0 Å². The molecular formula is C29H23N3O7. The van der Waals surface area contributed by atoms with Crippen LogP contribution in [0.3, 0.4) is 0 Å². The summed E-state index contributed by atoms with van der Waals surface area (Å²) in [7, 11) is 3.17. The molecule has 6 rings (SSSR count). The van der Waals surface area contributed by atoms with Gasteiger partial charge in [-0.15, -0.1) is 10.2 Å². The molecule has 10 heteroatoms. The summed E-state index contributed by atoms with van der Waals surface area (Å²) in [5.41, 5.74) is 2.95. The number of hydrogen-bond donors (Lipinski definition) is 0. The fourth-order valence-corrected chi connectivity index (χ4v) is 4.28. The molecule has 0 amide bonds. The van der Waals surface area contributed by atoms with Crippen molar-refractivity contribution in [1.82, 2.24) is 15.2 Å². The summed E-state index contributed by atoms with van der Waals surface area (Å²) in [6, 6.07) is 22.2. The maximum absolute atomic E-state index is 12.6. The van der Waals surface area contributed by atoms with Gasteiger partial charge in [0.05, 0.1) is 31.0 Å². The predicted octanol–water partition coefficient (Wildman–Crippen LogP) is 4.85. The van der Waals surface area contributed by atoms with E-state index in [1.54, 1.807) is 32.4 Å². The Morgan fingerprint density at radius 2 is 1.72 bits per heavy atom. The monoisotopic (exact) mass is 525 g/mol. The highest BCUT2D eigenvalue weighted by Crippen LogP contribution is 2.36. The molecule has 3 heterocycles. The maximum atomic E-state index is 12.6. The highest BCUT2D eigenvalue weighted by molar-refractivity contribution is 5.94. The van der Waals surface area contributed by atoms with Crippen LogP contribution in [0.5, 0.6) is 23.0 Å². The average molecular weight is 526 g/mol. The summed E-state index contributed by atoms with van der Waals surface area (Å²) in [5, 5.41) is 9.13. The molecule has 2 aromatic heterocycles. The van der Waals surface area contributed by atoms with Crippen LogP contribution in [0.1, 0.15) is 5.89 Å². The van der Waals surface area contributed by atoms with Gasteiger partial charge in [0.15, 0.2) is 29.6 Å². The van der Waals surface area contributed by atoms with Crippen LogP contribution < -0.4 is 18.9 Å². The highest BCUT2D eigenvalue weighted by atomic mass is 16.6. The Morgan fingerprint density at radius 3 is 2.56 bits per heavy atom. The second kappa shape index (κ2) is 10.3. The van der Waals surface area contributed by atoms with Crippen molar-refractivity contribution in [3.8, 4) is 45.7 Å². The second-order valence-electron chi connectivity index (χ2n) is 8.61. The van der Waals surface area contributed by atoms with Crippen molar-refractivity contribution < 1.29 is 32.9 Å². The molecular weight excluding hydrogens is 502 g/mol. The minimum absolute atomic E-state index is 0.0485. The summed E-state index contributed by atoms with van der Waals surface area (Å²) in [6.45, 7) is -0.161. The number of esters is 1. The molecule has 196 valence electrons. The van der Waals surface area contributed by atoms with Crippen molar-refractivity contribution in [3.05, 3.63) is 78.7 Å². The van der Waals surface area contributed by atoms with Crippen molar-refractivity contribution in [2.45, 2.75) is 12.7 Å². The van der Waals surface area contributed by atoms with Gasteiger partial charge in [0.1, 0.15) is 6.61 Å². The van der Waals surface area contributed by atoms with Gasteiger partial charge in [0.2, 0.25) is 12.0 Å². The van der Waals surface area contributed by atoms with Crippen LogP contribution in [-0.2, 0) is 16.1 Å². The lowest BCUT2D eigenvalue weighted by Gasteiger charge is -2.24. The van der Waals surface area contributed by atoms with Crippen LogP contribution in [0.2, 0.25) is 0 Å². The Kier molecular flexibility index (Phi) is 6.42. The Balaban J connectivity index is 1.24. The van der Waals surface area contributed by atoms with Crippen LogP contribution in [0.25, 0.3) is 33.6 Å². The number of carbonyl (C=O) groups excluding carboxylic acids is 1. The SMILES string of the molecule is COc1ccc(-c2cc(-c3nnc(COC(=O)[C@@H]4COc5ccccc5O4)o3)c3ccccc3n2)cc1OC. The zero-order valence-electron chi connectivity index (χ0n) is 21.1. The number of fused-ring (bicyclic) bond motifs is 2. The summed E-state index contributed by atoms with van der Waals surface area (Å²) in [6.07, 6.45) is -0.893. The fraction of sp³-hybridized carbons (Fsp3) is 0.172. The number of methoxy groups -OCH3 is 2. The molecule has 0 bridgehead atoms. The first-order valence-corrected chi connectivity index (χ1v) is 12.1. The number of hydrogen-bond acceptors (Lipinski definition) is 10. The number of pyridine rings is 1. The van der Waals surface area contributed by atoms with Gasteiger partial charge < -0.3 is 28.1 Å². The number of rotatable bonds is 7. The van der Waals surface area contributed by atoms with Crippen LogP contribution in [0.15, 0.2) is 77.2 Å². The molecule has 1 aliphatic heterocycles. The van der Waals surface area contributed by atoms with Crippen molar-refractivity contribution >= 4 is 16.9 Å². The summed E-state index contributed by atoms with van der Waals surface area (Å²) < 4.78 is 33.4. The Labute approximate surface area is 223 Å². The fourth-order valence-electron chi connectivity index (χ4n) is 4.28. The van der Waals surface area contributed by atoms with Gasteiger partial charge in [0, 0.05) is 10.9 Å². The van der Waals surface area contributed by atoms with Gasteiger partial charge in [-0.1, -0.05) is 30.3 Å². The van der Waals surface area contributed by atoms with Crippen LogP contribution >= 0.6 is 0 Å². The zero-order chi connectivity index (χ0) is 26.8. The third-order valence-corrected chi connectivity index (χ3v) is 6.20. The lowest BCUT2D eigenvalue weighted by atomic mass is 10.0. The van der Waals surface area contributed by atoms with Gasteiger partial charge in [-0.05, 0) is 42.5 Å². The minimum atomic E-state index is -0.893. The van der Waals surface area contributed by atoms with Crippen molar-refractivity contribution in [2.24, 2.45) is 0 Å². The van der Waals surface area contributed by atoms with E-state index < -0.39 is 12.1 Å². The Morgan fingerprint density at radius 1 is 0.923 bits per heavy atom. The van der Waals surface area contributed by atoms with E-state index in [2.05, 4.69) is 10.2 Å². The standard InChI is InChI=1S/C29H23N3O7/c1-34-22-12-11-17(13-25(22)35-2)21-14-19(18-7-3-4-8-20(18)30-21)28-32-31-27(39-28)16-37-29(33)26-15-36-23-9-5-6-10-24(23)38-26/h3-14,26H,15-16H2,1-2H3/t26-/m0/s1. The normalized spacial score (nSPS) is 14.2.